The minimum atomic E-state index is -1.60. The largest absolute Gasteiger partial charge is 0.426 e. The number of rotatable bonds is 10. The van der Waals surface area contributed by atoms with Crippen molar-refractivity contribution >= 4 is 57.3 Å². The number of aromatic nitrogens is 4. The van der Waals surface area contributed by atoms with E-state index in [1.54, 1.807) is 12.2 Å². The number of allylic oxidation sites excluding steroid dienone is 2. The van der Waals surface area contributed by atoms with Crippen LogP contribution in [0.4, 0.5) is 17.5 Å². The van der Waals surface area contributed by atoms with Crippen molar-refractivity contribution in [2.45, 2.75) is 37.6 Å². The third-order valence-electron chi connectivity index (χ3n) is 5.69. The Balaban J connectivity index is 1.76. The number of unbranched alkanes of at least 4 members (excludes halogenated alkanes) is 1. The zero-order valence-electron chi connectivity index (χ0n) is 21.0. The SMILES string of the molecule is CCCCC(=O)Oc1cc([SH]2C(N)=CC=C2C(N)=O)c(NCc2cnc3nc(N)nc(N)c3n2)cc1C(N)=O. The summed E-state index contributed by atoms with van der Waals surface area (Å²) in [4.78, 5) is 54.4. The van der Waals surface area contributed by atoms with Crippen molar-refractivity contribution < 1.29 is 19.1 Å². The molecule has 3 aromatic rings. The van der Waals surface area contributed by atoms with Gasteiger partial charge in [-0.2, -0.15) is 20.9 Å². The zero-order valence-corrected chi connectivity index (χ0v) is 21.9. The van der Waals surface area contributed by atoms with Gasteiger partial charge in [0.15, 0.2) is 17.0 Å². The molecule has 2 aromatic heterocycles. The van der Waals surface area contributed by atoms with Crippen molar-refractivity contribution in [3.8, 4) is 5.75 Å². The van der Waals surface area contributed by atoms with Gasteiger partial charge in [0, 0.05) is 17.0 Å². The zero-order chi connectivity index (χ0) is 28.3. The Morgan fingerprint density at radius 2 is 1.79 bits per heavy atom. The molecule has 0 fully saturated rings. The Kier molecular flexibility index (Phi) is 7.80. The molecule has 4 rings (SSSR count). The van der Waals surface area contributed by atoms with Gasteiger partial charge in [0.2, 0.25) is 5.95 Å². The van der Waals surface area contributed by atoms with Crippen molar-refractivity contribution in [3.63, 3.8) is 0 Å². The number of nitrogens with two attached hydrogens (primary N) is 5. The first-order valence-corrected chi connectivity index (χ1v) is 13.2. The minimum absolute atomic E-state index is 0.0258. The van der Waals surface area contributed by atoms with Crippen molar-refractivity contribution in [2.75, 3.05) is 16.8 Å². The van der Waals surface area contributed by atoms with Gasteiger partial charge >= 0.3 is 5.97 Å². The van der Waals surface area contributed by atoms with Crippen LogP contribution in [0.5, 0.6) is 5.75 Å². The van der Waals surface area contributed by atoms with Gasteiger partial charge in [0.25, 0.3) is 11.8 Å². The Morgan fingerprint density at radius 1 is 1.03 bits per heavy atom. The molecular weight excluding hydrogens is 524 g/mol. The van der Waals surface area contributed by atoms with E-state index in [4.69, 9.17) is 33.4 Å². The van der Waals surface area contributed by atoms with Gasteiger partial charge in [-0.05, 0) is 30.7 Å². The first-order valence-electron chi connectivity index (χ1n) is 11.8. The van der Waals surface area contributed by atoms with Crippen LogP contribution in [0.15, 0.2) is 45.3 Å². The van der Waals surface area contributed by atoms with E-state index in [-0.39, 0.29) is 52.1 Å². The molecule has 11 N–H and O–H groups in total. The fourth-order valence-corrected chi connectivity index (χ4v) is 5.95. The summed E-state index contributed by atoms with van der Waals surface area (Å²) in [7, 11) is -1.60. The fourth-order valence-electron chi connectivity index (χ4n) is 3.83. The molecule has 15 heteroatoms. The number of carbonyl (C=O) groups is 3. The molecule has 0 aliphatic carbocycles. The van der Waals surface area contributed by atoms with Crippen LogP contribution in [0.25, 0.3) is 11.2 Å². The summed E-state index contributed by atoms with van der Waals surface area (Å²) in [6.45, 7) is 2.04. The number of primary amides is 2. The summed E-state index contributed by atoms with van der Waals surface area (Å²) in [5, 5.41) is 3.58. The molecule has 0 saturated carbocycles. The van der Waals surface area contributed by atoms with Crippen LogP contribution >= 0.6 is 10.9 Å². The quantitative estimate of drug-likeness (QED) is 0.105. The van der Waals surface area contributed by atoms with E-state index in [0.717, 1.165) is 6.42 Å². The number of esters is 1. The molecule has 1 aliphatic heterocycles. The molecular formula is C24H28N10O4S. The number of hydrogen-bond donors (Lipinski definition) is 7. The molecule has 1 atom stereocenters. The number of hydrogen-bond acceptors (Lipinski definition) is 12. The maximum atomic E-state index is 12.4. The fraction of sp³-hybridized carbons (Fsp3) is 0.208. The van der Waals surface area contributed by atoms with Crippen molar-refractivity contribution in [3.05, 3.63) is 51.7 Å². The maximum Gasteiger partial charge on any atom is 0.311 e. The Labute approximate surface area is 225 Å². The summed E-state index contributed by atoms with van der Waals surface area (Å²) < 4.78 is 5.52. The number of ether oxygens (including phenoxy) is 1. The lowest BCUT2D eigenvalue weighted by molar-refractivity contribution is -0.134. The Morgan fingerprint density at radius 3 is 2.49 bits per heavy atom. The standard InChI is InChI=1S/C24H28N10O4S/c1-2-3-4-18(35)38-14-8-16(39-15(22(28)37)5-6-17(39)25)13(7-12(14)21(27)36)30-9-11-10-31-23-19(32-11)20(26)33-24(29)34-23/h5-8,10,30,39H,2-4,9,25H2,1H3,(H2,27,36)(H2,28,37)(H4,26,29,31,33,34). The molecule has 1 aliphatic rings. The number of nitrogens with one attached hydrogen (secondary N) is 1. The van der Waals surface area contributed by atoms with E-state index in [2.05, 4.69) is 25.3 Å². The highest BCUT2D eigenvalue weighted by Gasteiger charge is 2.28. The van der Waals surface area contributed by atoms with Crippen LogP contribution in [-0.2, 0) is 16.1 Å². The summed E-state index contributed by atoms with van der Waals surface area (Å²) in [6, 6.07) is 2.93. The van der Waals surface area contributed by atoms with Gasteiger partial charge in [0.05, 0.1) is 33.9 Å². The molecule has 0 saturated heterocycles. The van der Waals surface area contributed by atoms with E-state index < -0.39 is 28.7 Å². The van der Waals surface area contributed by atoms with E-state index in [1.165, 1.54) is 18.3 Å². The normalized spacial score (nSPS) is 15.5. The molecule has 1 unspecified atom stereocenters. The number of anilines is 3. The average molecular weight is 553 g/mol. The second-order valence-corrected chi connectivity index (χ2v) is 10.7. The van der Waals surface area contributed by atoms with Crippen molar-refractivity contribution in [1.82, 2.24) is 19.9 Å². The topological polar surface area (TPSA) is 254 Å². The van der Waals surface area contributed by atoms with Crippen molar-refractivity contribution in [2.24, 2.45) is 17.2 Å². The first-order chi connectivity index (χ1) is 18.6. The van der Waals surface area contributed by atoms with Gasteiger partial charge in [0.1, 0.15) is 5.75 Å². The number of benzene rings is 1. The van der Waals surface area contributed by atoms with Crippen LogP contribution in [0.3, 0.4) is 0 Å². The molecule has 2 amide bonds. The number of thiol groups is 1. The van der Waals surface area contributed by atoms with Gasteiger partial charge in [-0.1, -0.05) is 13.3 Å². The predicted molar refractivity (Wildman–Crippen MR) is 148 cm³/mol. The first kappa shape index (κ1) is 27.1. The van der Waals surface area contributed by atoms with Crippen LogP contribution in [0.2, 0.25) is 0 Å². The third-order valence-corrected chi connectivity index (χ3v) is 8.06. The van der Waals surface area contributed by atoms with Crippen LogP contribution < -0.4 is 38.7 Å². The molecule has 39 heavy (non-hydrogen) atoms. The summed E-state index contributed by atoms with van der Waals surface area (Å²) in [6.07, 6.45) is 6.17. The molecule has 0 radical (unpaired) electrons. The van der Waals surface area contributed by atoms with Crippen LogP contribution in [-0.4, -0.2) is 37.7 Å². The molecule has 204 valence electrons. The van der Waals surface area contributed by atoms with Crippen LogP contribution in [0.1, 0.15) is 42.2 Å². The maximum absolute atomic E-state index is 12.4. The molecule has 14 nitrogen and oxygen atoms in total. The lowest BCUT2D eigenvalue weighted by Gasteiger charge is -2.25. The minimum Gasteiger partial charge on any atom is -0.426 e. The Bertz CT molecular complexity index is 1560. The second kappa shape index (κ2) is 11.2. The highest BCUT2D eigenvalue weighted by atomic mass is 32.2. The lowest BCUT2D eigenvalue weighted by atomic mass is 10.1. The molecule has 0 bridgehead atoms. The number of nitrogen functional groups attached to an aromatic ring is 2. The van der Waals surface area contributed by atoms with E-state index in [0.29, 0.717) is 27.7 Å². The van der Waals surface area contributed by atoms with Crippen molar-refractivity contribution in [1.29, 1.82) is 0 Å². The van der Waals surface area contributed by atoms with Gasteiger partial charge < -0.3 is 38.7 Å². The number of nitrogens with zero attached hydrogens (tertiary/aromatic N) is 4. The highest BCUT2D eigenvalue weighted by molar-refractivity contribution is 8.24. The Hall–Kier alpha value is -4.92. The van der Waals surface area contributed by atoms with Gasteiger partial charge in [-0.15, -0.1) is 0 Å². The van der Waals surface area contributed by atoms with E-state index in [1.807, 2.05) is 6.92 Å². The third kappa shape index (κ3) is 5.82. The second-order valence-electron chi connectivity index (χ2n) is 8.50. The lowest BCUT2D eigenvalue weighted by Crippen LogP contribution is -2.18. The molecule has 3 heterocycles. The summed E-state index contributed by atoms with van der Waals surface area (Å²) in [5.74, 6) is -1.98. The smallest absolute Gasteiger partial charge is 0.311 e. The average Bonchev–Trinajstić information content (AvgIpc) is 3.27. The van der Waals surface area contributed by atoms with E-state index in [9.17, 15) is 14.4 Å². The molecule has 0 spiro atoms. The number of amides is 2. The van der Waals surface area contributed by atoms with Crippen LogP contribution in [0, 0.1) is 0 Å². The molecule has 1 aromatic carbocycles. The predicted octanol–water partition coefficient (Wildman–Crippen LogP) is 0.934. The number of carbonyl (C=O) groups excluding carboxylic acids is 3. The summed E-state index contributed by atoms with van der Waals surface area (Å²) >= 11 is 0. The van der Waals surface area contributed by atoms with Gasteiger partial charge in [-0.3, -0.25) is 14.4 Å². The van der Waals surface area contributed by atoms with E-state index >= 15 is 0 Å². The number of fused-ring (bicyclic) bond motifs is 1. The summed E-state index contributed by atoms with van der Waals surface area (Å²) in [5.41, 5.74) is 30.4. The van der Waals surface area contributed by atoms with Gasteiger partial charge in [-0.25, -0.2) is 9.97 Å². The monoisotopic (exact) mass is 552 g/mol. The highest BCUT2D eigenvalue weighted by Crippen LogP contribution is 2.55.